The first-order valence-electron chi connectivity index (χ1n) is 15.3. The third kappa shape index (κ3) is 6.45. The number of fused-ring (bicyclic) bond motifs is 2. The summed E-state index contributed by atoms with van der Waals surface area (Å²) in [6.45, 7) is 14.2. The number of amides is 1. The van der Waals surface area contributed by atoms with Crippen molar-refractivity contribution in [2.45, 2.75) is 57.9 Å². The van der Waals surface area contributed by atoms with E-state index in [4.69, 9.17) is 26.0 Å². The maximum absolute atomic E-state index is 12.8. The number of pyridine rings is 1. The van der Waals surface area contributed by atoms with Crippen molar-refractivity contribution in [3.8, 4) is 6.01 Å². The quantitative estimate of drug-likeness (QED) is 0.252. The number of nitrogens with zero attached hydrogens (tertiary/aromatic N) is 7. The first-order valence-corrected chi connectivity index (χ1v) is 15.3. The number of halogens is 1. The van der Waals surface area contributed by atoms with Gasteiger partial charge in [0.25, 0.3) is 0 Å². The first-order chi connectivity index (χ1) is 21.4. The van der Waals surface area contributed by atoms with Gasteiger partial charge in [0.05, 0.1) is 36.8 Å². The molecule has 1 saturated heterocycles. The molecular formula is C33H38FN7O3. The fraction of sp³-hybridized carbons (Fsp3) is 0.485. The van der Waals surface area contributed by atoms with E-state index >= 15 is 0 Å². The van der Waals surface area contributed by atoms with Crippen molar-refractivity contribution in [3.05, 3.63) is 71.0 Å². The Labute approximate surface area is 257 Å². The molecule has 1 saturated carbocycles. The van der Waals surface area contributed by atoms with Crippen molar-refractivity contribution in [1.29, 1.82) is 0 Å². The third-order valence-corrected chi connectivity index (χ3v) is 8.45. The number of piperazine rings is 1. The minimum absolute atomic E-state index is 0.152. The normalized spacial score (nSPS) is 19.2. The zero-order chi connectivity index (χ0) is 30.6. The second-order valence-electron chi connectivity index (χ2n) is 11.7. The van der Waals surface area contributed by atoms with E-state index in [1.54, 1.807) is 4.90 Å². The second-order valence-corrected chi connectivity index (χ2v) is 11.7. The predicted molar refractivity (Wildman–Crippen MR) is 167 cm³/mol. The van der Waals surface area contributed by atoms with Gasteiger partial charge in [-0.05, 0) is 44.7 Å². The third-order valence-electron chi connectivity index (χ3n) is 8.45. The molecule has 0 radical (unpaired) electrons. The number of benzene rings is 1. The lowest BCUT2D eigenvalue weighted by Crippen LogP contribution is -2.56. The maximum atomic E-state index is 12.8. The smallest absolute Gasteiger partial charge is 0.319 e. The molecule has 0 spiro atoms. The van der Waals surface area contributed by atoms with Crippen LogP contribution in [0.25, 0.3) is 15.6 Å². The number of rotatable bonds is 10. The van der Waals surface area contributed by atoms with E-state index in [1.807, 2.05) is 19.3 Å². The Kier molecular flexibility index (Phi) is 8.89. The summed E-state index contributed by atoms with van der Waals surface area (Å²) in [4.78, 5) is 36.9. The fourth-order valence-electron chi connectivity index (χ4n) is 6.11. The van der Waals surface area contributed by atoms with Gasteiger partial charge in [0.15, 0.2) is 0 Å². The largest absolute Gasteiger partial charge is 0.458 e. The Balaban J connectivity index is 1.31. The van der Waals surface area contributed by atoms with E-state index in [9.17, 15) is 9.18 Å². The Morgan fingerprint density at radius 3 is 2.86 bits per heavy atom. The molecule has 1 amide bonds. The average molecular weight is 600 g/mol. The first kappa shape index (κ1) is 29.8. The van der Waals surface area contributed by atoms with Gasteiger partial charge in [-0.1, -0.05) is 18.2 Å². The van der Waals surface area contributed by atoms with Gasteiger partial charge in [-0.25, -0.2) is 11.0 Å². The number of alkyl halides is 1. The summed E-state index contributed by atoms with van der Waals surface area (Å²) in [5, 5.41) is 2.29. The number of allylic oxidation sites excluding steroid dienone is 1. The molecule has 2 aliphatic heterocycles. The van der Waals surface area contributed by atoms with Crippen LogP contribution in [0.1, 0.15) is 36.6 Å². The van der Waals surface area contributed by atoms with Gasteiger partial charge >= 0.3 is 6.01 Å². The zero-order valence-electron chi connectivity index (χ0n) is 25.3. The molecule has 230 valence electrons. The number of hydrogen-bond donors (Lipinski definition) is 0. The molecule has 0 N–H and O–H groups in total. The van der Waals surface area contributed by atoms with Gasteiger partial charge in [-0.15, -0.1) is 0 Å². The summed E-state index contributed by atoms with van der Waals surface area (Å²) >= 11 is 0. The lowest BCUT2D eigenvalue weighted by Gasteiger charge is -2.41. The summed E-state index contributed by atoms with van der Waals surface area (Å²) in [5.41, 5.74) is 4.22. The molecule has 2 fully saturated rings. The highest BCUT2D eigenvalue weighted by Gasteiger charge is 2.35. The number of aryl methyl sites for hydroxylation is 1. The van der Waals surface area contributed by atoms with Crippen LogP contribution >= 0.6 is 0 Å². The SMILES string of the molecule is [C-]#[N+]C[C@H]1CN(c2nc(O[C@H](C)COC3CC3)nc3c2CCN(c2cncc4cccc(C)c24)C3)CCN1C(=O)/C=C/CF. The lowest BCUT2D eigenvalue weighted by molar-refractivity contribution is -0.128. The molecule has 0 unspecified atom stereocenters. The van der Waals surface area contributed by atoms with Gasteiger partial charge in [-0.2, -0.15) is 9.97 Å². The van der Waals surface area contributed by atoms with E-state index in [2.05, 4.69) is 44.8 Å². The van der Waals surface area contributed by atoms with E-state index in [-0.39, 0.29) is 24.6 Å². The Bertz CT molecular complexity index is 1580. The van der Waals surface area contributed by atoms with Crippen molar-refractivity contribution < 1.29 is 18.7 Å². The van der Waals surface area contributed by atoms with E-state index in [0.29, 0.717) is 44.9 Å². The lowest BCUT2D eigenvalue weighted by atomic mass is 10.0. The molecule has 11 heteroatoms. The standard InChI is InChI=1S/C33H38FN7O3/c1-22-6-4-7-24-16-36-18-29(31(22)24)39-13-11-27-28(20-39)37-33(44-23(2)21-43-26-9-10-26)38-32(27)40-14-15-41(25(19-40)17-35-3)30(42)8-5-12-34/h4-8,16,18,23,25-26H,9-15,17,19-21H2,1-2H3/b8-5+/t23-,25+/m1/s1. The van der Waals surface area contributed by atoms with E-state index < -0.39 is 6.67 Å². The highest BCUT2D eigenvalue weighted by atomic mass is 19.1. The van der Waals surface area contributed by atoms with Gasteiger partial charge in [0, 0.05) is 54.8 Å². The van der Waals surface area contributed by atoms with Gasteiger partial charge in [0.2, 0.25) is 12.5 Å². The summed E-state index contributed by atoms with van der Waals surface area (Å²) in [6, 6.07) is 6.22. The minimum atomic E-state index is -0.704. The summed E-state index contributed by atoms with van der Waals surface area (Å²) in [7, 11) is 0. The highest BCUT2D eigenvalue weighted by Crippen LogP contribution is 2.35. The van der Waals surface area contributed by atoms with Crippen LogP contribution in [0.3, 0.4) is 0 Å². The minimum Gasteiger partial charge on any atom is -0.458 e. The summed E-state index contributed by atoms with van der Waals surface area (Å²) in [5.74, 6) is 0.511. The van der Waals surface area contributed by atoms with Crippen LogP contribution in [-0.4, -0.2) is 90.0 Å². The van der Waals surface area contributed by atoms with Crippen LogP contribution in [-0.2, 0) is 22.5 Å². The number of anilines is 2. The molecule has 1 aliphatic carbocycles. The van der Waals surface area contributed by atoms with Gasteiger partial charge in [0.1, 0.15) is 24.6 Å². The predicted octanol–water partition coefficient (Wildman–Crippen LogP) is 4.30. The summed E-state index contributed by atoms with van der Waals surface area (Å²) in [6.07, 6.45) is 9.30. The van der Waals surface area contributed by atoms with Gasteiger partial charge < -0.3 is 29.0 Å². The molecule has 0 bridgehead atoms. The molecule has 4 heterocycles. The topological polar surface area (TPSA) is 88.3 Å². The van der Waals surface area contributed by atoms with Crippen molar-refractivity contribution in [3.63, 3.8) is 0 Å². The molecular weight excluding hydrogens is 561 g/mol. The van der Waals surface area contributed by atoms with Crippen molar-refractivity contribution in [1.82, 2.24) is 19.9 Å². The number of ether oxygens (including phenoxy) is 2. The van der Waals surface area contributed by atoms with Crippen LogP contribution in [0.15, 0.2) is 42.7 Å². The molecule has 2 aromatic heterocycles. The van der Waals surface area contributed by atoms with Crippen molar-refractivity contribution >= 4 is 28.2 Å². The maximum Gasteiger partial charge on any atom is 0.319 e. The molecule has 44 heavy (non-hydrogen) atoms. The van der Waals surface area contributed by atoms with E-state index in [1.165, 1.54) is 23.1 Å². The molecule has 3 aliphatic rings. The Morgan fingerprint density at radius 1 is 1.20 bits per heavy atom. The van der Waals surface area contributed by atoms with Gasteiger partial charge in [-0.3, -0.25) is 9.78 Å². The monoisotopic (exact) mass is 599 g/mol. The number of aromatic nitrogens is 3. The molecule has 2 atom stereocenters. The highest BCUT2D eigenvalue weighted by molar-refractivity contribution is 5.96. The molecule has 1 aromatic carbocycles. The summed E-state index contributed by atoms with van der Waals surface area (Å²) < 4.78 is 24.8. The van der Waals surface area contributed by atoms with Crippen LogP contribution in [0.5, 0.6) is 6.01 Å². The molecule has 3 aromatic rings. The number of carbonyl (C=O) groups excluding carboxylic acids is 1. The second kappa shape index (κ2) is 13.1. The van der Waals surface area contributed by atoms with Crippen LogP contribution in [0.2, 0.25) is 0 Å². The number of carbonyl (C=O) groups is 1. The van der Waals surface area contributed by atoms with Crippen molar-refractivity contribution in [2.24, 2.45) is 0 Å². The van der Waals surface area contributed by atoms with E-state index in [0.717, 1.165) is 54.0 Å². The molecule has 10 nitrogen and oxygen atoms in total. The Morgan fingerprint density at radius 2 is 2.07 bits per heavy atom. The Hall–Kier alpha value is -4.30. The van der Waals surface area contributed by atoms with Crippen LogP contribution in [0, 0.1) is 13.5 Å². The van der Waals surface area contributed by atoms with Crippen molar-refractivity contribution in [2.75, 3.05) is 55.8 Å². The molecule has 6 rings (SSSR count). The van der Waals surface area contributed by atoms with Crippen LogP contribution < -0.4 is 14.5 Å². The fourth-order valence-corrected chi connectivity index (χ4v) is 6.11. The number of hydrogen-bond acceptors (Lipinski definition) is 8. The van der Waals surface area contributed by atoms with Crippen LogP contribution in [0.4, 0.5) is 15.9 Å². The zero-order valence-corrected chi connectivity index (χ0v) is 25.3. The average Bonchev–Trinajstić information content (AvgIpc) is 3.87.